The molecule has 0 spiro atoms. The number of halogens is 1. The molecule has 1 aromatic heterocycles. The highest BCUT2D eigenvalue weighted by Gasteiger charge is 2.15. The van der Waals surface area contributed by atoms with Crippen LogP contribution in [0, 0.1) is 0 Å². The van der Waals surface area contributed by atoms with E-state index in [9.17, 15) is 4.79 Å². The topological polar surface area (TPSA) is 29.5 Å². The van der Waals surface area contributed by atoms with Crippen LogP contribution in [0.5, 0.6) is 5.75 Å². The maximum atomic E-state index is 12.0. The van der Waals surface area contributed by atoms with Gasteiger partial charge in [-0.05, 0) is 53.6 Å². The first-order valence-electron chi connectivity index (χ1n) is 6.35. The molecule has 0 atom stereocenters. The molecule has 2 aromatic rings. The Morgan fingerprint density at radius 3 is 2.60 bits per heavy atom. The van der Waals surface area contributed by atoms with Crippen molar-refractivity contribution in [3.05, 3.63) is 46.7 Å². The van der Waals surface area contributed by atoms with Gasteiger partial charge in [0.15, 0.2) is 0 Å². The molecule has 5 heteroatoms. The number of carbonyl (C=O) groups is 1. The van der Waals surface area contributed by atoms with Crippen LogP contribution in [0.4, 0.5) is 5.69 Å². The smallest absolute Gasteiger partial charge is 0.242 e. The average molecular weight is 310 g/mol. The Balaban J connectivity index is 2.19. The molecule has 0 saturated carbocycles. The molecule has 1 amide bonds. The zero-order chi connectivity index (χ0) is 14.4. The summed E-state index contributed by atoms with van der Waals surface area (Å²) in [6.07, 6.45) is 0. The van der Waals surface area contributed by atoms with Crippen molar-refractivity contribution < 1.29 is 9.53 Å². The molecule has 0 bridgehead atoms. The van der Waals surface area contributed by atoms with Crippen molar-refractivity contribution in [2.45, 2.75) is 13.5 Å². The van der Waals surface area contributed by atoms with Gasteiger partial charge in [-0.25, -0.2) is 0 Å². The summed E-state index contributed by atoms with van der Waals surface area (Å²) >= 11 is 7.32. The summed E-state index contributed by atoms with van der Waals surface area (Å²) in [4.78, 5) is 13.7. The standard InChI is InChI=1S/C15H16ClNO2S/c1-2-19-14-5-3-13(4-6-14)17(15(18)9-16)10-12-7-8-20-11-12/h3-8,11H,2,9-10H2,1H3. The quantitative estimate of drug-likeness (QED) is 0.757. The van der Waals surface area contributed by atoms with E-state index in [0.29, 0.717) is 13.2 Å². The average Bonchev–Trinajstić information content (AvgIpc) is 2.98. The van der Waals surface area contributed by atoms with Gasteiger partial charge in [0.25, 0.3) is 0 Å². The first kappa shape index (κ1) is 14.9. The minimum Gasteiger partial charge on any atom is -0.494 e. The van der Waals surface area contributed by atoms with E-state index in [-0.39, 0.29) is 11.8 Å². The molecular formula is C15H16ClNO2S. The van der Waals surface area contributed by atoms with Crippen molar-refractivity contribution in [2.75, 3.05) is 17.4 Å². The van der Waals surface area contributed by atoms with E-state index in [2.05, 4.69) is 0 Å². The van der Waals surface area contributed by atoms with E-state index >= 15 is 0 Å². The third-order valence-corrected chi connectivity index (χ3v) is 3.76. The number of hydrogen-bond acceptors (Lipinski definition) is 3. The Labute approximate surface area is 127 Å². The fourth-order valence-corrected chi connectivity index (χ4v) is 2.65. The van der Waals surface area contributed by atoms with Crippen LogP contribution in [0.25, 0.3) is 0 Å². The van der Waals surface area contributed by atoms with Crippen molar-refractivity contribution >= 4 is 34.5 Å². The molecule has 0 aliphatic rings. The van der Waals surface area contributed by atoms with Crippen LogP contribution < -0.4 is 9.64 Å². The number of amides is 1. The number of rotatable bonds is 6. The third-order valence-electron chi connectivity index (χ3n) is 2.80. The van der Waals surface area contributed by atoms with Crippen molar-refractivity contribution in [2.24, 2.45) is 0 Å². The van der Waals surface area contributed by atoms with Crippen molar-refractivity contribution in [1.82, 2.24) is 0 Å². The molecule has 20 heavy (non-hydrogen) atoms. The first-order chi connectivity index (χ1) is 9.74. The minimum absolute atomic E-state index is 0.0304. The van der Waals surface area contributed by atoms with Crippen molar-refractivity contribution in [1.29, 1.82) is 0 Å². The van der Waals surface area contributed by atoms with Crippen molar-refractivity contribution in [3.8, 4) is 5.75 Å². The van der Waals surface area contributed by atoms with E-state index in [1.165, 1.54) is 0 Å². The van der Waals surface area contributed by atoms with E-state index in [1.807, 2.05) is 48.0 Å². The highest BCUT2D eigenvalue weighted by Crippen LogP contribution is 2.22. The van der Waals surface area contributed by atoms with Crippen LogP contribution in [-0.4, -0.2) is 18.4 Å². The van der Waals surface area contributed by atoms with E-state index in [4.69, 9.17) is 16.3 Å². The molecular weight excluding hydrogens is 294 g/mol. The lowest BCUT2D eigenvalue weighted by Gasteiger charge is -2.21. The Morgan fingerprint density at radius 2 is 2.05 bits per heavy atom. The van der Waals surface area contributed by atoms with Gasteiger partial charge < -0.3 is 9.64 Å². The van der Waals surface area contributed by atoms with Crippen LogP contribution in [0.1, 0.15) is 12.5 Å². The Morgan fingerprint density at radius 1 is 1.30 bits per heavy atom. The van der Waals surface area contributed by atoms with E-state index < -0.39 is 0 Å². The van der Waals surface area contributed by atoms with Crippen LogP contribution in [0.3, 0.4) is 0 Å². The fraction of sp³-hybridized carbons (Fsp3) is 0.267. The number of thiophene rings is 1. The maximum Gasteiger partial charge on any atom is 0.242 e. The predicted molar refractivity (Wildman–Crippen MR) is 83.8 cm³/mol. The second-order valence-corrected chi connectivity index (χ2v) is 5.22. The largest absolute Gasteiger partial charge is 0.494 e. The van der Waals surface area contributed by atoms with E-state index in [1.54, 1.807) is 16.2 Å². The SMILES string of the molecule is CCOc1ccc(N(Cc2ccsc2)C(=O)CCl)cc1. The number of anilines is 1. The van der Waals surface area contributed by atoms with E-state index in [0.717, 1.165) is 17.0 Å². The number of hydrogen-bond donors (Lipinski definition) is 0. The lowest BCUT2D eigenvalue weighted by atomic mass is 10.2. The molecule has 2 rings (SSSR count). The van der Waals surface area contributed by atoms with Crippen molar-refractivity contribution in [3.63, 3.8) is 0 Å². The number of alkyl halides is 1. The fourth-order valence-electron chi connectivity index (χ4n) is 1.85. The molecule has 106 valence electrons. The summed E-state index contributed by atoms with van der Waals surface area (Å²) in [5, 5.41) is 4.03. The molecule has 1 aromatic carbocycles. The summed E-state index contributed by atoms with van der Waals surface area (Å²) in [6, 6.07) is 9.49. The zero-order valence-corrected chi connectivity index (χ0v) is 12.8. The molecule has 0 radical (unpaired) electrons. The Hall–Kier alpha value is -1.52. The number of carbonyl (C=O) groups excluding carboxylic acids is 1. The lowest BCUT2D eigenvalue weighted by molar-refractivity contribution is -0.116. The number of benzene rings is 1. The summed E-state index contributed by atoms with van der Waals surface area (Å²) < 4.78 is 5.41. The van der Waals surface area contributed by atoms with Gasteiger partial charge in [0.1, 0.15) is 11.6 Å². The molecule has 0 fully saturated rings. The van der Waals surface area contributed by atoms with Crippen LogP contribution in [0.15, 0.2) is 41.1 Å². The first-order valence-corrected chi connectivity index (χ1v) is 7.82. The molecule has 0 unspecified atom stereocenters. The highest BCUT2D eigenvalue weighted by molar-refractivity contribution is 7.07. The van der Waals surface area contributed by atoms with Gasteiger partial charge in [0, 0.05) is 5.69 Å². The van der Waals surface area contributed by atoms with Gasteiger partial charge in [-0.15, -0.1) is 11.6 Å². The van der Waals surface area contributed by atoms with Gasteiger partial charge in [-0.3, -0.25) is 4.79 Å². The maximum absolute atomic E-state index is 12.0. The molecule has 1 heterocycles. The second-order valence-electron chi connectivity index (χ2n) is 4.17. The molecule has 3 nitrogen and oxygen atoms in total. The monoisotopic (exact) mass is 309 g/mol. The molecule has 0 N–H and O–H groups in total. The van der Waals surface area contributed by atoms with Gasteiger partial charge in [0.05, 0.1) is 13.2 Å². The van der Waals surface area contributed by atoms with Gasteiger partial charge >= 0.3 is 0 Å². The second kappa shape index (κ2) is 7.31. The van der Waals surface area contributed by atoms with Gasteiger partial charge in [-0.1, -0.05) is 0 Å². The summed E-state index contributed by atoms with van der Waals surface area (Å²) in [5.74, 6) is 0.657. The Kier molecular flexibility index (Phi) is 5.44. The Bertz CT molecular complexity index is 540. The summed E-state index contributed by atoms with van der Waals surface area (Å²) in [7, 11) is 0. The van der Waals surface area contributed by atoms with Gasteiger partial charge in [-0.2, -0.15) is 11.3 Å². The molecule has 0 saturated heterocycles. The zero-order valence-electron chi connectivity index (χ0n) is 11.2. The summed E-state index contributed by atoms with van der Waals surface area (Å²) in [6.45, 7) is 3.09. The molecule has 0 aliphatic heterocycles. The number of nitrogens with zero attached hydrogens (tertiary/aromatic N) is 1. The normalized spacial score (nSPS) is 10.3. The van der Waals surface area contributed by atoms with Crippen LogP contribution >= 0.6 is 22.9 Å². The number of ether oxygens (including phenoxy) is 1. The molecule has 0 aliphatic carbocycles. The van der Waals surface area contributed by atoms with Gasteiger partial charge in [0.2, 0.25) is 5.91 Å². The lowest BCUT2D eigenvalue weighted by Crippen LogP contribution is -2.31. The minimum atomic E-state index is -0.109. The highest BCUT2D eigenvalue weighted by atomic mass is 35.5. The van der Waals surface area contributed by atoms with Crippen LogP contribution in [0.2, 0.25) is 0 Å². The van der Waals surface area contributed by atoms with Crippen LogP contribution in [-0.2, 0) is 11.3 Å². The predicted octanol–water partition coefficient (Wildman–Crippen LogP) is 3.92. The third kappa shape index (κ3) is 3.74. The summed E-state index contributed by atoms with van der Waals surface area (Å²) in [5.41, 5.74) is 1.92.